The SMILES string of the molecule is CCCCOC(=O)OC(=O)[C@@H](N)CNC(=O)C[C@H]1C[C@@H](c2ccc(N=C(N)N)cc2)NO1. The fraction of sp³-hybridized carbons (Fsp3) is 0.500. The van der Waals surface area contributed by atoms with Crippen LogP contribution in [0.3, 0.4) is 0 Å². The van der Waals surface area contributed by atoms with Crippen molar-refractivity contribution in [3.8, 4) is 0 Å². The predicted octanol–water partition coefficient (Wildman–Crippen LogP) is 0.240. The van der Waals surface area contributed by atoms with Gasteiger partial charge < -0.3 is 32.0 Å². The van der Waals surface area contributed by atoms with Crippen LogP contribution in [0, 0.1) is 0 Å². The van der Waals surface area contributed by atoms with E-state index in [1.807, 2.05) is 19.1 Å². The number of aliphatic imine (C=N–C) groups is 1. The first-order valence-corrected chi connectivity index (χ1v) is 10.3. The number of guanidine groups is 1. The molecule has 1 aromatic carbocycles. The highest BCUT2D eigenvalue weighted by Gasteiger charge is 2.29. The third-order valence-electron chi connectivity index (χ3n) is 4.57. The van der Waals surface area contributed by atoms with Gasteiger partial charge in [0, 0.05) is 6.54 Å². The average Bonchev–Trinajstić information content (AvgIpc) is 3.20. The zero-order valence-corrected chi connectivity index (χ0v) is 17.9. The monoisotopic (exact) mass is 450 g/mol. The highest BCUT2D eigenvalue weighted by atomic mass is 16.7. The molecular weight excluding hydrogens is 420 g/mol. The number of hydrogen-bond donors (Lipinski definition) is 5. The molecule has 1 aliphatic heterocycles. The molecule has 1 fully saturated rings. The van der Waals surface area contributed by atoms with Crippen molar-refractivity contribution < 1.29 is 28.7 Å². The Kier molecular flexibility index (Phi) is 9.85. The summed E-state index contributed by atoms with van der Waals surface area (Å²) >= 11 is 0. The van der Waals surface area contributed by atoms with Crippen molar-refractivity contribution >= 4 is 29.7 Å². The van der Waals surface area contributed by atoms with Crippen molar-refractivity contribution in [3.63, 3.8) is 0 Å². The molecule has 0 bridgehead atoms. The Labute approximate surface area is 185 Å². The number of nitrogens with two attached hydrogens (primary N) is 3. The molecular formula is C20H30N6O6. The lowest BCUT2D eigenvalue weighted by molar-refractivity contribution is -0.141. The molecule has 1 aromatic rings. The minimum absolute atomic E-state index is 0.0222. The fourth-order valence-corrected chi connectivity index (χ4v) is 2.87. The predicted molar refractivity (Wildman–Crippen MR) is 115 cm³/mol. The third kappa shape index (κ3) is 8.49. The molecule has 12 nitrogen and oxygen atoms in total. The van der Waals surface area contributed by atoms with Crippen molar-refractivity contribution in [3.05, 3.63) is 29.8 Å². The maximum atomic E-state index is 12.2. The van der Waals surface area contributed by atoms with Crippen LogP contribution in [0.2, 0.25) is 0 Å². The second-order valence-electron chi connectivity index (χ2n) is 7.26. The van der Waals surface area contributed by atoms with E-state index in [9.17, 15) is 14.4 Å². The second kappa shape index (κ2) is 12.6. The second-order valence-corrected chi connectivity index (χ2v) is 7.26. The number of carbonyl (C=O) groups excluding carboxylic acids is 3. The molecule has 0 aliphatic carbocycles. The molecule has 0 radical (unpaired) electrons. The summed E-state index contributed by atoms with van der Waals surface area (Å²) in [6, 6.07) is 5.98. The lowest BCUT2D eigenvalue weighted by Gasteiger charge is -2.13. The summed E-state index contributed by atoms with van der Waals surface area (Å²) in [5.74, 6) is -1.35. The molecule has 1 heterocycles. The van der Waals surface area contributed by atoms with E-state index < -0.39 is 18.2 Å². The average molecular weight is 450 g/mol. The Balaban J connectivity index is 1.70. The van der Waals surface area contributed by atoms with Gasteiger partial charge in [0.1, 0.15) is 6.04 Å². The maximum Gasteiger partial charge on any atom is 0.516 e. The van der Waals surface area contributed by atoms with Gasteiger partial charge in [-0.15, -0.1) is 0 Å². The number of ether oxygens (including phenoxy) is 2. The number of amides is 1. The Morgan fingerprint density at radius 2 is 2.00 bits per heavy atom. The number of esters is 1. The Morgan fingerprint density at radius 3 is 2.66 bits per heavy atom. The molecule has 0 spiro atoms. The molecule has 3 atom stereocenters. The summed E-state index contributed by atoms with van der Waals surface area (Å²) in [4.78, 5) is 44.7. The first kappa shape index (κ1) is 25.0. The molecule has 0 saturated carbocycles. The van der Waals surface area contributed by atoms with E-state index in [2.05, 4.69) is 20.5 Å². The Morgan fingerprint density at radius 1 is 1.28 bits per heavy atom. The van der Waals surface area contributed by atoms with Crippen molar-refractivity contribution in [1.29, 1.82) is 0 Å². The first-order chi connectivity index (χ1) is 15.3. The molecule has 0 aromatic heterocycles. The van der Waals surface area contributed by atoms with Crippen LogP contribution in [0.15, 0.2) is 29.3 Å². The number of benzene rings is 1. The largest absolute Gasteiger partial charge is 0.516 e. The summed E-state index contributed by atoms with van der Waals surface area (Å²) in [6.45, 7) is 1.90. The summed E-state index contributed by atoms with van der Waals surface area (Å²) < 4.78 is 9.21. The molecule has 176 valence electrons. The van der Waals surface area contributed by atoms with Gasteiger partial charge in [0.25, 0.3) is 0 Å². The van der Waals surface area contributed by atoms with Crippen LogP contribution in [0.1, 0.15) is 44.2 Å². The summed E-state index contributed by atoms with van der Waals surface area (Å²) in [7, 11) is 0. The number of hydrogen-bond acceptors (Lipinski definition) is 9. The van der Waals surface area contributed by atoms with Crippen LogP contribution < -0.4 is 28.0 Å². The van der Waals surface area contributed by atoms with Gasteiger partial charge in [0.2, 0.25) is 5.91 Å². The van der Waals surface area contributed by atoms with Gasteiger partial charge in [-0.2, -0.15) is 5.48 Å². The van der Waals surface area contributed by atoms with Gasteiger partial charge >= 0.3 is 12.1 Å². The molecule has 1 aliphatic rings. The van der Waals surface area contributed by atoms with Crippen LogP contribution in [-0.4, -0.2) is 49.3 Å². The maximum absolute atomic E-state index is 12.2. The van der Waals surface area contributed by atoms with Crippen molar-refractivity contribution in [1.82, 2.24) is 10.8 Å². The minimum Gasteiger partial charge on any atom is -0.434 e. The van der Waals surface area contributed by atoms with Crippen LogP contribution in [0.5, 0.6) is 0 Å². The number of nitrogens with one attached hydrogen (secondary N) is 2. The highest BCUT2D eigenvalue weighted by Crippen LogP contribution is 2.28. The highest BCUT2D eigenvalue weighted by molar-refractivity contribution is 5.86. The zero-order chi connectivity index (χ0) is 23.5. The summed E-state index contributed by atoms with van der Waals surface area (Å²) in [5.41, 5.74) is 20.9. The summed E-state index contributed by atoms with van der Waals surface area (Å²) in [5, 5.41) is 2.53. The Hall–Kier alpha value is -3.22. The molecule has 0 unspecified atom stereocenters. The topological polar surface area (TPSA) is 193 Å². The summed E-state index contributed by atoms with van der Waals surface area (Å²) in [6.07, 6.45) is 0.651. The quantitative estimate of drug-likeness (QED) is 0.108. The molecule has 12 heteroatoms. The van der Waals surface area contributed by atoms with E-state index >= 15 is 0 Å². The minimum atomic E-state index is -1.20. The number of rotatable bonds is 10. The van der Waals surface area contributed by atoms with E-state index in [4.69, 9.17) is 26.8 Å². The van der Waals surface area contributed by atoms with Crippen LogP contribution in [0.4, 0.5) is 10.5 Å². The van der Waals surface area contributed by atoms with Gasteiger partial charge in [-0.25, -0.2) is 14.6 Å². The van der Waals surface area contributed by atoms with Crippen LogP contribution in [-0.2, 0) is 23.9 Å². The van der Waals surface area contributed by atoms with Gasteiger partial charge in [0.05, 0.1) is 30.9 Å². The fourth-order valence-electron chi connectivity index (χ4n) is 2.87. The van der Waals surface area contributed by atoms with Gasteiger partial charge in [-0.05, 0) is 30.5 Å². The van der Waals surface area contributed by atoms with Crippen molar-refractivity contribution in [2.45, 2.75) is 50.8 Å². The lowest BCUT2D eigenvalue weighted by atomic mass is 10.0. The number of nitrogens with zero attached hydrogens (tertiary/aromatic N) is 1. The van der Waals surface area contributed by atoms with Gasteiger partial charge in [-0.1, -0.05) is 25.5 Å². The van der Waals surface area contributed by atoms with E-state index in [-0.39, 0.29) is 43.6 Å². The molecule has 32 heavy (non-hydrogen) atoms. The molecule has 2 rings (SSSR count). The molecule has 8 N–H and O–H groups in total. The van der Waals surface area contributed by atoms with Crippen molar-refractivity contribution in [2.24, 2.45) is 22.2 Å². The smallest absolute Gasteiger partial charge is 0.434 e. The molecule has 1 amide bonds. The normalized spacial score (nSPS) is 18.4. The van der Waals surface area contributed by atoms with Crippen LogP contribution in [0.25, 0.3) is 0 Å². The lowest BCUT2D eigenvalue weighted by Crippen LogP contribution is -2.44. The Bertz CT molecular complexity index is 811. The van der Waals surface area contributed by atoms with E-state index in [1.54, 1.807) is 12.1 Å². The first-order valence-electron chi connectivity index (χ1n) is 10.3. The number of unbranched alkanes of at least 4 members (excludes halogenated alkanes) is 1. The third-order valence-corrected chi connectivity index (χ3v) is 4.57. The van der Waals surface area contributed by atoms with Crippen LogP contribution >= 0.6 is 0 Å². The van der Waals surface area contributed by atoms with Gasteiger partial charge in [0.15, 0.2) is 5.96 Å². The van der Waals surface area contributed by atoms with E-state index in [0.29, 0.717) is 18.5 Å². The van der Waals surface area contributed by atoms with Gasteiger partial charge in [-0.3, -0.25) is 9.63 Å². The van der Waals surface area contributed by atoms with Crippen molar-refractivity contribution in [2.75, 3.05) is 13.2 Å². The number of hydroxylamine groups is 1. The van der Waals surface area contributed by atoms with E-state index in [1.165, 1.54) is 0 Å². The molecule has 1 saturated heterocycles. The van der Waals surface area contributed by atoms with E-state index in [0.717, 1.165) is 12.0 Å². The zero-order valence-electron chi connectivity index (χ0n) is 17.9. The number of carbonyl (C=O) groups is 3. The standard InChI is InChI=1S/C20H30N6O6/c1-2-3-8-30-20(29)31-18(28)15(21)11-24-17(27)10-14-9-16(26-32-14)12-4-6-13(7-5-12)25-19(22)23/h4-7,14-16,26H,2-3,8-11,21H2,1H3,(H,24,27)(H4,22,23,25)/t14-,15+,16+/m1/s1.